The van der Waals surface area contributed by atoms with Gasteiger partial charge in [0.1, 0.15) is 5.75 Å². The van der Waals surface area contributed by atoms with Crippen molar-refractivity contribution in [3.05, 3.63) is 29.8 Å². The number of benzene rings is 1. The Morgan fingerprint density at radius 1 is 1.38 bits per heavy atom. The van der Waals surface area contributed by atoms with Crippen molar-refractivity contribution in [3.8, 4) is 5.75 Å². The van der Waals surface area contributed by atoms with E-state index in [1.807, 2.05) is 19.1 Å². The minimum absolute atomic E-state index is 0.121. The standard InChI is InChI=1S/C13H18O3/c1-10-8-13(15,6-7-16-10)9-11-2-4-12(14)5-3-11/h2-5,10,14-15H,6-9H2,1H3. The van der Waals surface area contributed by atoms with Crippen molar-refractivity contribution in [2.75, 3.05) is 6.61 Å². The highest BCUT2D eigenvalue weighted by molar-refractivity contribution is 5.27. The molecule has 0 radical (unpaired) electrons. The molecule has 16 heavy (non-hydrogen) atoms. The Labute approximate surface area is 95.7 Å². The van der Waals surface area contributed by atoms with Crippen LogP contribution >= 0.6 is 0 Å². The summed E-state index contributed by atoms with van der Waals surface area (Å²) in [6, 6.07) is 7.02. The van der Waals surface area contributed by atoms with Gasteiger partial charge in [0.05, 0.1) is 11.7 Å². The monoisotopic (exact) mass is 222 g/mol. The number of aliphatic hydroxyl groups is 1. The van der Waals surface area contributed by atoms with Crippen molar-refractivity contribution >= 4 is 0 Å². The molecule has 1 aromatic carbocycles. The van der Waals surface area contributed by atoms with E-state index in [9.17, 15) is 10.2 Å². The number of phenolic OH excluding ortho intramolecular Hbond substituents is 1. The molecule has 0 amide bonds. The van der Waals surface area contributed by atoms with E-state index >= 15 is 0 Å². The van der Waals surface area contributed by atoms with E-state index in [0.717, 1.165) is 5.56 Å². The van der Waals surface area contributed by atoms with Crippen LogP contribution in [0.1, 0.15) is 25.3 Å². The van der Waals surface area contributed by atoms with Gasteiger partial charge in [0, 0.05) is 19.4 Å². The molecule has 1 aliphatic rings. The van der Waals surface area contributed by atoms with Crippen LogP contribution < -0.4 is 0 Å². The molecule has 1 saturated heterocycles. The van der Waals surface area contributed by atoms with E-state index in [-0.39, 0.29) is 11.9 Å². The first-order valence-corrected chi connectivity index (χ1v) is 5.69. The molecule has 1 heterocycles. The van der Waals surface area contributed by atoms with E-state index in [2.05, 4.69) is 0 Å². The van der Waals surface area contributed by atoms with Gasteiger partial charge >= 0.3 is 0 Å². The Morgan fingerprint density at radius 2 is 2.06 bits per heavy atom. The number of ether oxygens (including phenoxy) is 1. The quantitative estimate of drug-likeness (QED) is 0.803. The summed E-state index contributed by atoms with van der Waals surface area (Å²) in [7, 11) is 0. The highest BCUT2D eigenvalue weighted by atomic mass is 16.5. The van der Waals surface area contributed by atoms with E-state index in [1.165, 1.54) is 0 Å². The molecule has 1 fully saturated rings. The van der Waals surface area contributed by atoms with Gasteiger partial charge in [-0.2, -0.15) is 0 Å². The van der Waals surface area contributed by atoms with Crippen molar-refractivity contribution in [3.63, 3.8) is 0 Å². The Kier molecular flexibility index (Phi) is 3.17. The number of hydrogen-bond acceptors (Lipinski definition) is 3. The zero-order chi connectivity index (χ0) is 11.6. The zero-order valence-electron chi connectivity index (χ0n) is 9.52. The molecule has 3 heteroatoms. The molecule has 0 saturated carbocycles. The first-order valence-electron chi connectivity index (χ1n) is 5.69. The second-order valence-electron chi connectivity index (χ2n) is 4.70. The SMILES string of the molecule is CC1CC(O)(Cc2ccc(O)cc2)CCO1. The fourth-order valence-corrected chi connectivity index (χ4v) is 2.30. The fourth-order valence-electron chi connectivity index (χ4n) is 2.30. The molecule has 2 N–H and O–H groups in total. The first kappa shape index (κ1) is 11.4. The molecule has 88 valence electrons. The van der Waals surface area contributed by atoms with Gasteiger partial charge in [-0.25, -0.2) is 0 Å². The maximum Gasteiger partial charge on any atom is 0.115 e. The second kappa shape index (κ2) is 4.44. The summed E-state index contributed by atoms with van der Waals surface area (Å²) >= 11 is 0. The summed E-state index contributed by atoms with van der Waals surface area (Å²) in [5, 5.41) is 19.6. The number of aromatic hydroxyl groups is 1. The number of hydrogen-bond donors (Lipinski definition) is 2. The fraction of sp³-hybridized carbons (Fsp3) is 0.538. The van der Waals surface area contributed by atoms with Crippen LogP contribution in [-0.2, 0) is 11.2 Å². The van der Waals surface area contributed by atoms with Crippen LogP contribution in [0.5, 0.6) is 5.75 Å². The molecule has 2 unspecified atom stereocenters. The van der Waals surface area contributed by atoms with Crippen LogP contribution in [0, 0.1) is 0 Å². The summed E-state index contributed by atoms with van der Waals surface area (Å²) in [5.74, 6) is 0.260. The Balaban J connectivity index is 2.05. The van der Waals surface area contributed by atoms with Crippen molar-refractivity contribution in [2.45, 2.75) is 37.9 Å². The minimum atomic E-state index is -0.658. The summed E-state index contributed by atoms with van der Waals surface area (Å²) in [6.07, 6.45) is 2.10. The van der Waals surface area contributed by atoms with E-state index in [1.54, 1.807) is 12.1 Å². The first-order chi connectivity index (χ1) is 7.57. The van der Waals surface area contributed by atoms with Crippen molar-refractivity contribution in [1.29, 1.82) is 0 Å². The van der Waals surface area contributed by atoms with E-state index in [4.69, 9.17) is 4.74 Å². The topological polar surface area (TPSA) is 49.7 Å². The third kappa shape index (κ3) is 2.74. The molecule has 2 rings (SSSR count). The lowest BCUT2D eigenvalue weighted by molar-refractivity contribution is -0.0961. The van der Waals surface area contributed by atoms with Crippen LogP contribution in [0.2, 0.25) is 0 Å². The van der Waals surface area contributed by atoms with Crippen LogP contribution in [0.15, 0.2) is 24.3 Å². The number of phenols is 1. The van der Waals surface area contributed by atoms with Gasteiger partial charge in [0.15, 0.2) is 0 Å². The summed E-state index contributed by atoms with van der Waals surface area (Å²) in [6.45, 7) is 2.61. The van der Waals surface area contributed by atoms with Crippen LogP contribution in [0.3, 0.4) is 0 Å². The van der Waals surface area contributed by atoms with E-state index in [0.29, 0.717) is 25.9 Å². The van der Waals surface area contributed by atoms with Gasteiger partial charge in [0.2, 0.25) is 0 Å². The molecule has 3 nitrogen and oxygen atoms in total. The Morgan fingerprint density at radius 3 is 2.69 bits per heavy atom. The lowest BCUT2D eigenvalue weighted by Crippen LogP contribution is -2.41. The van der Waals surface area contributed by atoms with E-state index < -0.39 is 5.60 Å². The largest absolute Gasteiger partial charge is 0.508 e. The van der Waals surface area contributed by atoms with Crippen LogP contribution in [-0.4, -0.2) is 28.5 Å². The predicted octanol–water partition coefficient (Wildman–Crippen LogP) is 1.86. The molecular weight excluding hydrogens is 204 g/mol. The molecule has 0 bridgehead atoms. The average Bonchev–Trinajstić information content (AvgIpc) is 2.21. The molecular formula is C13H18O3. The predicted molar refractivity (Wildman–Crippen MR) is 61.4 cm³/mol. The molecule has 2 atom stereocenters. The third-order valence-corrected chi connectivity index (χ3v) is 3.11. The smallest absolute Gasteiger partial charge is 0.115 e. The lowest BCUT2D eigenvalue weighted by Gasteiger charge is -2.35. The minimum Gasteiger partial charge on any atom is -0.508 e. The highest BCUT2D eigenvalue weighted by Gasteiger charge is 2.33. The van der Waals surface area contributed by atoms with Gasteiger partial charge in [-0.1, -0.05) is 12.1 Å². The second-order valence-corrected chi connectivity index (χ2v) is 4.70. The van der Waals surface area contributed by atoms with Crippen LogP contribution in [0.4, 0.5) is 0 Å². The maximum atomic E-state index is 10.4. The Bertz CT molecular complexity index is 347. The highest BCUT2D eigenvalue weighted by Crippen LogP contribution is 2.28. The molecule has 0 spiro atoms. The van der Waals surface area contributed by atoms with Gasteiger partial charge in [0.25, 0.3) is 0 Å². The molecule has 0 aromatic heterocycles. The Hall–Kier alpha value is -1.06. The average molecular weight is 222 g/mol. The van der Waals surface area contributed by atoms with Crippen molar-refractivity contribution in [1.82, 2.24) is 0 Å². The number of rotatable bonds is 2. The van der Waals surface area contributed by atoms with Gasteiger partial charge < -0.3 is 14.9 Å². The lowest BCUT2D eigenvalue weighted by atomic mass is 9.85. The van der Waals surface area contributed by atoms with Crippen LogP contribution in [0.25, 0.3) is 0 Å². The molecule has 1 aromatic rings. The third-order valence-electron chi connectivity index (χ3n) is 3.11. The van der Waals surface area contributed by atoms with Crippen molar-refractivity contribution in [2.24, 2.45) is 0 Å². The summed E-state index contributed by atoms with van der Waals surface area (Å²) < 4.78 is 5.43. The van der Waals surface area contributed by atoms with Gasteiger partial charge in [-0.05, 0) is 31.0 Å². The molecule has 1 aliphatic heterocycles. The summed E-state index contributed by atoms with van der Waals surface area (Å²) in [5.41, 5.74) is 0.392. The normalized spacial score (nSPS) is 30.2. The van der Waals surface area contributed by atoms with Crippen molar-refractivity contribution < 1.29 is 14.9 Å². The van der Waals surface area contributed by atoms with Gasteiger partial charge in [-0.15, -0.1) is 0 Å². The molecule has 0 aliphatic carbocycles. The van der Waals surface area contributed by atoms with Gasteiger partial charge in [-0.3, -0.25) is 0 Å². The summed E-state index contributed by atoms with van der Waals surface area (Å²) in [4.78, 5) is 0. The maximum absolute atomic E-state index is 10.4. The zero-order valence-corrected chi connectivity index (χ0v) is 9.52.